The summed E-state index contributed by atoms with van der Waals surface area (Å²) in [7, 11) is 0. The Morgan fingerprint density at radius 2 is 0.909 bits per heavy atom. The second kappa shape index (κ2) is 16.1. The molecule has 0 aliphatic carbocycles. The van der Waals surface area contributed by atoms with Crippen LogP contribution in [0.15, 0.2) is 46.4 Å². The SMILES string of the molecule is CCCCC(=Nc1ccc(CC)c(CC)c1)C(CCCC)=Nc1ccc(CC)c(CC)c1.[Pd]. The van der Waals surface area contributed by atoms with Gasteiger partial charge < -0.3 is 0 Å². The van der Waals surface area contributed by atoms with E-state index in [0.29, 0.717) is 0 Å². The molecule has 2 rings (SSSR count). The molecule has 3 heteroatoms. The molecule has 0 amide bonds. The standard InChI is InChI=1S/C30H44N2.Pd/c1-7-13-15-29(31-27-19-17-23(9-3)25(11-5)21-27)30(16-14-8-2)32-28-20-18-24(10-4)26(12-6)22-28;/h17-22H,7-16H2,1-6H3;. The van der Waals surface area contributed by atoms with Crippen molar-refractivity contribution in [2.75, 3.05) is 0 Å². The Hall–Kier alpha value is -1.56. The van der Waals surface area contributed by atoms with Crippen LogP contribution in [0.2, 0.25) is 0 Å². The number of nitrogens with zero attached hydrogens (tertiary/aromatic N) is 2. The summed E-state index contributed by atoms with van der Waals surface area (Å²) < 4.78 is 0. The maximum atomic E-state index is 5.19. The molecule has 2 nitrogen and oxygen atoms in total. The molecule has 0 aromatic heterocycles. The molecule has 0 saturated carbocycles. The maximum Gasteiger partial charge on any atom is 0.0636 e. The third kappa shape index (κ3) is 8.95. The number of rotatable bonds is 13. The van der Waals surface area contributed by atoms with E-state index in [-0.39, 0.29) is 20.4 Å². The monoisotopic (exact) mass is 538 g/mol. The van der Waals surface area contributed by atoms with Gasteiger partial charge in [-0.1, -0.05) is 66.5 Å². The van der Waals surface area contributed by atoms with E-state index in [2.05, 4.69) is 77.9 Å². The average molecular weight is 539 g/mol. The zero-order valence-corrected chi connectivity index (χ0v) is 23.3. The van der Waals surface area contributed by atoms with E-state index in [1.807, 2.05) is 0 Å². The molecule has 0 N–H and O–H groups in total. The number of aryl methyl sites for hydroxylation is 4. The Balaban J connectivity index is 0.00000544. The van der Waals surface area contributed by atoms with Crippen molar-refractivity contribution in [3.8, 4) is 0 Å². The second-order valence-electron chi connectivity index (χ2n) is 8.64. The van der Waals surface area contributed by atoms with Crippen LogP contribution in [-0.2, 0) is 46.1 Å². The van der Waals surface area contributed by atoms with E-state index in [4.69, 9.17) is 9.98 Å². The second-order valence-corrected chi connectivity index (χ2v) is 8.64. The van der Waals surface area contributed by atoms with Crippen molar-refractivity contribution in [2.45, 2.75) is 106 Å². The molecule has 0 fully saturated rings. The van der Waals surface area contributed by atoms with Gasteiger partial charge in [0, 0.05) is 20.4 Å². The van der Waals surface area contributed by atoms with Crippen LogP contribution in [0.3, 0.4) is 0 Å². The minimum Gasteiger partial charge on any atom is -0.252 e. The van der Waals surface area contributed by atoms with E-state index in [1.165, 1.54) is 46.5 Å². The van der Waals surface area contributed by atoms with Gasteiger partial charge in [0.2, 0.25) is 0 Å². The van der Waals surface area contributed by atoms with Crippen molar-refractivity contribution in [3.05, 3.63) is 58.7 Å². The van der Waals surface area contributed by atoms with Crippen molar-refractivity contribution in [2.24, 2.45) is 9.98 Å². The van der Waals surface area contributed by atoms with Gasteiger partial charge in [-0.15, -0.1) is 0 Å². The Morgan fingerprint density at radius 3 is 1.21 bits per heavy atom. The van der Waals surface area contributed by atoms with Crippen LogP contribution in [0.5, 0.6) is 0 Å². The van der Waals surface area contributed by atoms with Gasteiger partial charge in [0.1, 0.15) is 0 Å². The molecule has 0 saturated heterocycles. The van der Waals surface area contributed by atoms with Crippen LogP contribution < -0.4 is 0 Å². The summed E-state index contributed by atoms with van der Waals surface area (Å²) in [6.07, 6.45) is 10.9. The average Bonchev–Trinajstić information content (AvgIpc) is 2.83. The van der Waals surface area contributed by atoms with Gasteiger partial charge in [0.25, 0.3) is 0 Å². The number of hydrogen-bond acceptors (Lipinski definition) is 2. The van der Waals surface area contributed by atoms with Crippen molar-refractivity contribution in [3.63, 3.8) is 0 Å². The first-order chi connectivity index (χ1) is 15.6. The summed E-state index contributed by atoms with van der Waals surface area (Å²) in [5, 5.41) is 0. The molecule has 0 radical (unpaired) electrons. The Bertz CT molecular complexity index is 836. The Kier molecular flexibility index (Phi) is 14.4. The molecule has 184 valence electrons. The first kappa shape index (κ1) is 29.5. The van der Waals surface area contributed by atoms with Crippen LogP contribution in [-0.4, -0.2) is 11.4 Å². The Labute approximate surface area is 217 Å². The molecule has 0 spiro atoms. The molecular weight excluding hydrogens is 495 g/mol. The fourth-order valence-electron chi connectivity index (χ4n) is 4.24. The number of unbranched alkanes of at least 4 members (excludes halogenated alkanes) is 2. The molecular formula is C30H44N2Pd. The summed E-state index contributed by atoms with van der Waals surface area (Å²) in [4.78, 5) is 10.4. The molecule has 0 aliphatic heterocycles. The molecule has 2 aromatic carbocycles. The maximum absolute atomic E-state index is 5.19. The van der Waals surface area contributed by atoms with E-state index in [1.54, 1.807) is 0 Å². The van der Waals surface area contributed by atoms with E-state index >= 15 is 0 Å². The van der Waals surface area contributed by atoms with E-state index in [9.17, 15) is 0 Å². The van der Waals surface area contributed by atoms with Gasteiger partial charge in [0.15, 0.2) is 0 Å². The number of hydrogen-bond donors (Lipinski definition) is 0. The van der Waals surface area contributed by atoms with Gasteiger partial charge in [-0.3, -0.25) is 9.98 Å². The van der Waals surface area contributed by atoms with Gasteiger partial charge >= 0.3 is 0 Å². The Morgan fingerprint density at radius 1 is 0.545 bits per heavy atom. The van der Waals surface area contributed by atoms with E-state index < -0.39 is 0 Å². The fraction of sp³-hybridized carbons (Fsp3) is 0.533. The van der Waals surface area contributed by atoms with Crippen molar-refractivity contribution in [1.29, 1.82) is 0 Å². The van der Waals surface area contributed by atoms with Crippen LogP contribution in [0, 0.1) is 0 Å². The van der Waals surface area contributed by atoms with Crippen LogP contribution >= 0.6 is 0 Å². The predicted octanol–water partition coefficient (Wildman–Crippen LogP) is 9.16. The zero-order valence-electron chi connectivity index (χ0n) is 21.7. The minimum absolute atomic E-state index is 0. The van der Waals surface area contributed by atoms with Crippen LogP contribution in [0.25, 0.3) is 0 Å². The van der Waals surface area contributed by atoms with Gasteiger partial charge in [-0.05, 0) is 97.9 Å². The zero-order chi connectivity index (χ0) is 23.3. The van der Waals surface area contributed by atoms with Crippen molar-refractivity contribution < 1.29 is 20.4 Å². The normalized spacial score (nSPS) is 12.1. The fourth-order valence-corrected chi connectivity index (χ4v) is 4.24. The summed E-state index contributed by atoms with van der Waals surface area (Å²) in [5.74, 6) is 0. The first-order valence-electron chi connectivity index (χ1n) is 13.0. The molecule has 0 bridgehead atoms. The third-order valence-corrected chi connectivity index (χ3v) is 6.30. The van der Waals surface area contributed by atoms with Gasteiger partial charge in [0.05, 0.1) is 22.8 Å². The smallest absolute Gasteiger partial charge is 0.0636 e. The third-order valence-electron chi connectivity index (χ3n) is 6.30. The predicted molar refractivity (Wildman–Crippen MR) is 144 cm³/mol. The topological polar surface area (TPSA) is 24.7 Å². The largest absolute Gasteiger partial charge is 0.252 e. The quantitative estimate of drug-likeness (QED) is 0.179. The van der Waals surface area contributed by atoms with Crippen LogP contribution in [0.1, 0.15) is 102 Å². The molecule has 0 unspecified atom stereocenters. The van der Waals surface area contributed by atoms with Gasteiger partial charge in [-0.2, -0.15) is 0 Å². The summed E-state index contributed by atoms with van der Waals surface area (Å²) in [5.41, 5.74) is 10.2. The first-order valence-corrected chi connectivity index (χ1v) is 13.0. The molecule has 0 aliphatic rings. The number of aliphatic imine (C=N–C) groups is 2. The molecule has 2 aromatic rings. The molecule has 33 heavy (non-hydrogen) atoms. The summed E-state index contributed by atoms with van der Waals surface area (Å²) in [6, 6.07) is 13.5. The van der Waals surface area contributed by atoms with Crippen LogP contribution in [0.4, 0.5) is 11.4 Å². The van der Waals surface area contributed by atoms with Crippen molar-refractivity contribution >= 4 is 22.8 Å². The summed E-state index contributed by atoms with van der Waals surface area (Å²) >= 11 is 0. The van der Waals surface area contributed by atoms with Gasteiger partial charge in [-0.25, -0.2) is 0 Å². The minimum atomic E-state index is 0. The molecule has 0 atom stereocenters. The number of benzene rings is 2. The molecule has 0 heterocycles. The van der Waals surface area contributed by atoms with E-state index in [0.717, 1.165) is 62.7 Å². The van der Waals surface area contributed by atoms with Crippen molar-refractivity contribution in [1.82, 2.24) is 0 Å². The summed E-state index contributed by atoms with van der Waals surface area (Å²) in [6.45, 7) is 13.4.